The third-order valence-corrected chi connectivity index (χ3v) is 2.43. The van der Waals surface area contributed by atoms with E-state index in [-0.39, 0.29) is 17.4 Å². The van der Waals surface area contributed by atoms with Crippen LogP contribution in [0.1, 0.15) is 5.56 Å². The zero-order valence-corrected chi connectivity index (χ0v) is 10.0. The summed E-state index contributed by atoms with van der Waals surface area (Å²) in [4.78, 5) is 0. The summed E-state index contributed by atoms with van der Waals surface area (Å²) in [5.41, 5.74) is 10.2. The van der Waals surface area contributed by atoms with Gasteiger partial charge in [0.05, 0.1) is 11.3 Å². The van der Waals surface area contributed by atoms with E-state index in [9.17, 15) is 22.0 Å². The molecule has 1 heterocycles. The van der Waals surface area contributed by atoms with Crippen molar-refractivity contribution in [1.29, 1.82) is 0 Å². The summed E-state index contributed by atoms with van der Waals surface area (Å²) >= 11 is 0. The molecule has 2 rings (SSSR count). The number of hydrazone groups is 1. The summed E-state index contributed by atoms with van der Waals surface area (Å²) in [6.07, 6.45) is -5.00. The second-order valence-electron chi connectivity index (χ2n) is 3.83. The molecular formula is C10H7F5N6. The lowest BCUT2D eigenvalue weighted by Crippen LogP contribution is -2.32. The van der Waals surface area contributed by atoms with Gasteiger partial charge in [0.2, 0.25) is 0 Å². The van der Waals surface area contributed by atoms with Gasteiger partial charge < -0.3 is 11.5 Å². The Kier molecular flexibility index (Phi) is 3.49. The van der Waals surface area contributed by atoms with Gasteiger partial charge in [-0.1, -0.05) is 0 Å². The van der Waals surface area contributed by atoms with Gasteiger partial charge in [-0.05, 0) is 12.1 Å². The molecule has 5 N–H and O–H groups in total. The van der Waals surface area contributed by atoms with E-state index in [2.05, 4.69) is 15.3 Å². The molecule has 0 saturated heterocycles. The lowest BCUT2D eigenvalue weighted by molar-refractivity contribution is -0.140. The van der Waals surface area contributed by atoms with Gasteiger partial charge >= 0.3 is 6.18 Å². The maximum Gasteiger partial charge on any atom is 0.419 e. The average molecular weight is 306 g/mol. The summed E-state index contributed by atoms with van der Waals surface area (Å²) in [6.45, 7) is 0. The Balaban J connectivity index is 2.31. The molecule has 0 radical (unpaired) electrons. The number of hydrogen-bond donors (Lipinski definition) is 3. The third kappa shape index (κ3) is 2.75. The van der Waals surface area contributed by atoms with Crippen molar-refractivity contribution in [3.63, 3.8) is 0 Å². The smallest absolute Gasteiger partial charge is 0.380 e. The van der Waals surface area contributed by atoms with E-state index in [0.29, 0.717) is 12.1 Å². The number of hydrogen-bond acceptors (Lipinski definition) is 6. The van der Waals surface area contributed by atoms with Crippen LogP contribution < -0.4 is 16.9 Å². The molecule has 1 aromatic rings. The minimum atomic E-state index is -5.00. The molecule has 0 amide bonds. The van der Waals surface area contributed by atoms with Crippen LogP contribution in [-0.4, -0.2) is 17.4 Å². The molecule has 112 valence electrons. The van der Waals surface area contributed by atoms with Crippen LogP contribution in [0.25, 0.3) is 0 Å². The van der Waals surface area contributed by atoms with Crippen molar-refractivity contribution >= 4 is 23.1 Å². The van der Waals surface area contributed by atoms with E-state index >= 15 is 0 Å². The Labute approximate surface area is 114 Å². The minimum absolute atomic E-state index is 0.130. The van der Waals surface area contributed by atoms with Crippen molar-refractivity contribution in [1.82, 2.24) is 0 Å². The van der Waals surface area contributed by atoms with Gasteiger partial charge in [0.25, 0.3) is 0 Å². The van der Waals surface area contributed by atoms with Crippen molar-refractivity contribution in [3.8, 4) is 0 Å². The number of nitrogens with two attached hydrogens (primary N) is 2. The first-order chi connectivity index (χ1) is 9.71. The lowest BCUT2D eigenvalue weighted by atomic mass is 10.2. The van der Waals surface area contributed by atoms with Gasteiger partial charge in [0.15, 0.2) is 29.0 Å². The van der Waals surface area contributed by atoms with Crippen LogP contribution in [-0.2, 0) is 6.18 Å². The number of nitrogens with one attached hydrogen (secondary N) is 1. The predicted octanol–water partition coefficient (Wildman–Crippen LogP) is 1.39. The zero-order valence-electron chi connectivity index (χ0n) is 10.0. The van der Waals surface area contributed by atoms with Crippen LogP contribution in [0.2, 0.25) is 0 Å². The standard InChI is InChI=1S/C10H7F5N6/c11-5-3(10(13,14)15)1-2-4(6(5)12)18-19-7-8(16)20-21-9(7)17/h1-2,18H,(H4,16,17,19,20,21). The zero-order chi connectivity index (χ0) is 15.8. The first-order valence-corrected chi connectivity index (χ1v) is 5.28. The Morgan fingerprint density at radius 1 is 1.00 bits per heavy atom. The Hall–Kier alpha value is -2.72. The normalized spacial score (nSPS) is 14.8. The summed E-state index contributed by atoms with van der Waals surface area (Å²) < 4.78 is 64.0. The molecule has 11 heteroatoms. The number of nitrogens with zero attached hydrogens (tertiary/aromatic N) is 3. The van der Waals surface area contributed by atoms with E-state index in [1.807, 2.05) is 5.43 Å². The number of rotatable bonds is 2. The van der Waals surface area contributed by atoms with Crippen LogP contribution >= 0.6 is 0 Å². The van der Waals surface area contributed by atoms with Gasteiger partial charge in [0, 0.05) is 0 Å². The molecule has 0 atom stereocenters. The molecule has 1 aliphatic rings. The summed E-state index contributed by atoms with van der Waals surface area (Å²) in [6, 6.07) is 1.06. The Morgan fingerprint density at radius 3 is 2.10 bits per heavy atom. The Bertz CT molecular complexity index is 655. The number of amidine groups is 2. The molecule has 0 aliphatic carbocycles. The molecule has 0 bridgehead atoms. The van der Waals surface area contributed by atoms with Gasteiger partial charge in [-0.3, -0.25) is 5.43 Å². The fourth-order valence-electron chi connectivity index (χ4n) is 1.42. The van der Waals surface area contributed by atoms with Crippen molar-refractivity contribution in [2.45, 2.75) is 6.18 Å². The third-order valence-electron chi connectivity index (χ3n) is 2.43. The number of halogens is 5. The highest BCUT2D eigenvalue weighted by Crippen LogP contribution is 2.34. The number of alkyl halides is 3. The second-order valence-corrected chi connectivity index (χ2v) is 3.83. The SMILES string of the molecule is NC1=NN=C(N)C1=NNc1ccc(C(F)(F)F)c(F)c1F. The van der Waals surface area contributed by atoms with Crippen LogP contribution in [0, 0.1) is 11.6 Å². The van der Waals surface area contributed by atoms with E-state index in [1.165, 1.54) is 0 Å². The quantitative estimate of drug-likeness (QED) is 0.568. The average Bonchev–Trinajstić information content (AvgIpc) is 2.70. The van der Waals surface area contributed by atoms with Gasteiger partial charge in [-0.2, -0.15) is 18.3 Å². The Morgan fingerprint density at radius 2 is 1.57 bits per heavy atom. The van der Waals surface area contributed by atoms with E-state index in [4.69, 9.17) is 11.5 Å². The first-order valence-electron chi connectivity index (χ1n) is 5.28. The van der Waals surface area contributed by atoms with Crippen LogP contribution in [0.3, 0.4) is 0 Å². The molecule has 0 fully saturated rings. The molecule has 0 unspecified atom stereocenters. The van der Waals surface area contributed by atoms with Crippen molar-refractivity contribution in [2.75, 3.05) is 5.43 Å². The fourth-order valence-corrected chi connectivity index (χ4v) is 1.42. The van der Waals surface area contributed by atoms with Gasteiger partial charge in [-0.15, -0.1) is 10.2 Å². The summed E-state index contributed by atoms with van der Waals surface area (Å²) in [7, 11) is 0. The molecule has 0 aromatic heterocycles. The predicted molar refractivity (Wildman–Crippen MR) is 65.7 cm³/mol. The van der Waals surface area contributed by atoms with E-state index in [1.54, 1.807) is 0 Å². The van der Waals surface area contributed by atoms with Crippen molar-refractivity contribution < 1.29 is 22.0 Å². The highest BCUT2D eigenvalue weighted by molar-refractivity contribution is 6.68. The highest BCUT2D eigenvalue weighted by atomic mass is 19.4. The van der Waals surface area contributed by atoms with Crippen molar-refractivity contribution in [3.05, 3.63) is 29.3 Å². The van der Waals surface area contributed by atoms with Crippen LogP contribution in [0.5, 0.6) is 0 Å². The van der Waals surface area contributed by atoms with Gasteiger partial charge in [0.1, 0.15) is 0 Å². The van der Waals surface area contributed by atoms with Crippen LogP contribution in [0.15, 0.2) is 27.4 Å². The molecule has 1 aliphatic heterocycles. The van der Waals surface area contributed by atoms with Gasteiger partial charge in [-0.25, -0.2) is 8.78 Å². The molecule has 1 aromatic carbocycles. The molecule has 0 saturated carbocycles. The van der Waals surface area contributed by atoms with Crippen molar-refractivity contribution in [2.24, 2.45) is 26.8 Å². The minimum Gasteiger partial charge on any atom is -0.380 e. The fraction of sp³-hybridized carbons (Fsp3) is 0.100. The van der Waals surface area contributed by atoms with Crippen LogP contribution in [0.4, 0.5) is 27.6 Å². The second kappa shape index (κ2) is 5.00. The summed E-state index contributed by atoms with van der Waals surface area (Å²) in [5.74, 6) is -4.12. The maximum absolute atomic E-state index is 13.5. The monoisotopic (exact) mass is 306 g/mol. The largest absolute Gasteiger partial charge is 0.419 e. The molecular weight excluding hydrogens is 299 g/mol. The molecule has 21 heavy (non-hydrogen) atoms. The topological polar surface area (TPSA) is 101 Å². The molecule has 0 spiro atoms. The van der Waals surface area contributed by atoms with E-state index in [0.717, 1.165) is 0 Å². The van der Waals surface area contributed by atoms with E-state index < -0.39 is 29.1 Å². The number of anilines is 1. The maximum atomic E-state index is 13.5. The molecule has 6 nitrogen and oxygen atoms in total. The lowest BCUT2D eigenvalue weighted by Gasteiger charge is -2.10. The first kappa shape index (κ1) is 14.7. The highest BCUT2D eigenvalue weighted by Gasteiger charge is 2.36. The summed E-state index contributed by atoms with van der Waals surface area (Å²) in [5, 5.41) is 10.3. The number of benzene rings is 1.